The zero-order valence-corrected chi connectivity index (χ0v) is 15.8. The van der Waals surface area contributed by atoms with Crippen LogP contribution >= 0.6 is 0 Å². The lowest BCUT2D eigenvalue weighted by atomic mass is 10.0. The van der Waals surface area contributed by atoms with Crippen LogP contribution in [0, 0.1) is 0 Å². The molecule has 0 saturated heterocycles. The Labute approximate surface area is 161 Å². The highest BCUT2D eigenvalue weighted by Gasteiger charge is 2.16. The van der Waals surface area contributed by atoms with E-state index in [1.807, 2.05) is 72.8 Å². The van der Waals surface area contributed by atoms with E-state index in [1.165, 1.54) is 0 Å². The van der Waals surface area contributed by atoms with Crippen LogP contribution in [0.3, 0.4) is 0 Å². The quantitative estimate of drug-likeness (QED) is 0.411. The Kier molecular flexibility index (Phi) is 6.16. The van der Waals surface area contributed by atoms with E-state index in [9.17, 15) is 4.79 Å². The largest absolute Gasteiger partial charge is 0.372 e. The summed E-state index contributed by atoms with van der Waals surface area (Å²) in [4.78, 5) is 20.1. The molecule has 0 spiro atoms. The van der Waals surface area contributed by atoms with Crippen molar-refractivity contribution in [2.75, 3.05) is 18.0 Å². The molecule has 3 heteroatoms. The molecule has 0 amide bonds. The minimum atomic E-state index is -0.0744. The number of hydrogen-bond acceptors (Lipinski definition) is 3. The highest BCUT2D eigenvalue weighted by Crippen LogP contribution is 2.21. The first kappa shape index (κ1) is 18.6. The van der Waals surface area contributed by atoms with E-state index in [0.717, 1.165) is 30.0 Å². The molecule has 0 radical (unpaired) electrons. The summed E-state index contributed by atoms with van der Waals surface area (Å²) < 4.78 is 0. The summed E-state index contributed by atoms with van der Waals surface area (Å²) in [6.07, 6.45) is 0. The SMILES string of the molecule is CCN(CC)c1ccc(N=C(C(=O)c2ccccc2)c2ccccc2)cc1. The van der Waals surface area contributed by atoms with E-state index in [0.29, 0.717) is 11.3 Å². The molecule has 3 nitrogen and oxygen atoms in total. The molecular weight excluding hydrogens is 332 g/mol. The van der Waals surface area contributed by atoms with Gasteiger partial charge in [0.05, 0.1) is 5.69 Å². The van der Waals surface area contributed by atoms with E-state index < -0.39 is 0 Å². The molecule has 27 heavy (non-hydrogen) atoms. The predicted octanol–water partition coefficient (Wildman–Crippen LogP) is 5.54. The van der Waals surface area contributed by atoms with Crippen LogP contribution in [-0.2, 0) is 0 Å². The summed E-state index contributed by atoms with van der Waals surface area (Å²) in [5, 5.41) is 0. The van der Waals surface area contributed by atoms with Crippen molar-refractivity contribution in [2.45, 2.75) is 13.8 Å². The van der Waals surface area contributed by atoms with Crippen molar-refractivity contribution in [1.29, 1.82) is 0 Å². The minimum Gasteiger partial charge on any atom is -0.372 e. The van der Waals surface area contributed by atoms with Gasteiger partial charge in [0.25, 0.3) is 0 Å². The van der Waals surface area contributed by atoms with Gasteiger partial charge in [0.15, 0.2) is 0 Å². The van der Waals surface area contributed by atoms with Crippen LogP contribution < -0.4 is 4.90 Å². The van der Waals surface area contributed by atoms with Crippen molar-refractivity contribution in [2.24, 2.45) is 4.99 Å². The number of anilines is 1. The second kappa shape index (κ2) is 8.95. The third-order valence-electron chi connectivity index (χ3n) is 4.52. The first-order valence-corrected chi connectivity index (χ1v) is 9.31. The third-order valence-corrected chi connectivity index (χ3v) is 4.52. The summed E-state index contributed by atoms with van der Waals surface area (Å²) in [6.45, 7) is 6.20. The number of carbonyl (C=O) groups is 1. The second-order valence-corrected chi connectivity index (χ2v) is 6.21. The molecule has 0 atom stereocenters. The molecule has 0 heterocycles. The smallest absolute Gasteiger partial charge is 0.211 e. The summed E-state index contributed by atoms with van der Waals surface area (Å²) >= 11 is 0. The molecular formula is C24H24N2O. The maximum Gasteiger partial charge on any atom is 0.211 e. The van der Waals surface area contributed by atoms with Gasteiger partial charge in [-0.15, -0.1) is 0 Å². The van der Waals surface area contributed by atoms with Gasteiger partial charge in [-0.25, -0.2) is 4.99 Å². The summed E-state index contributed by atoms with van der Waals surface area (Å²) in [5.74, 6) is -0.0744. The molecule has 0 saturated carbocycles. The average molecular weight is 356 g/mol. The van der Waals surface area contributed by atoms with E-state index in [4.69, 9.17) is 4.99 Å². The Balaban J connectivity index is 1.99. The zero-order valence-electron chi connectivity index (χ0n) is 15.8. The lowest BCUT2D eigenvalue weighted by Crippen LogP contribution is -2.21. The first-order chi connectivity index (χ1) is 13.2. The van der Waals surface area contributed by atoms with Gasteiger partial charge in [0.2, 0.25) is 5.78 Å². The maximum absolute atomic E-state index is 13.1. The number of carbonyl (C=O) groups excluding carboxylic acids is 1. The van der Waals surface area contributed by atoms with Gasteiger partial charge in [-0.3, -0.25) is 4.79 Å². The van der Waals surface area contributed by atoms with Crippen molar-refractivity contribution in [3.8, 4) is 0 Å². The molecule has 0 aliphatic rings. The Hall–Kier alpha value is -3.20. The number of ketones is 1. The van der Waals surface area contributed by atoms with Crippen molar-refractivity contribution < 1.29 is 4.79 Å². The Morgan fingerprint density at radius 3 is 1.78 bits per heavy atom. The Morgan fingerprint density at radius 2 is 1.26 bits per heavy atom. The molecule has 136 valence electrons. The van der Waals surface area contributed by atoms with Gasteiger partial charge in [0.1, 0.15) is 5.71 Å². The van der Waals surface area contributed by atoms with E-state index in [-0.39, 0.29) is 5.78 Å². The van der Waals surface area contributed by atoms with Crippen molar-refractivity contribution in [3.63, 3.8) is 0 Å². The molecule has 0 unspecified atom stereocenters. The van der Waals surface area contributed by atoms with Crippen LogP contribution in [0.5, 0.6) is 0 Å². The zero-order chi connectivity index (χ0) is 19.1. The fraction of sp³-hybridized carbons (Fsp3) is 0.167. The highest BCUT2D eigenvalue weighted by molar-refractivity contribution is 6.51. The van der Waals surface area contributed by atoms with E-state index >= 15 is 0 Å². The molecule has 3 aromatic rings. The lowest BCUT2D eigenvalue weighted by molar-refractivity contribution is 0.106. The van der Waals surface area contributed by atoms with Gasteiger partial charge >= 0.3 is 0 Å². The topological polar surface area (TPSA) is 32.7 Å². The van der Waals surface area contributed by atoms with Crippen LogP contribution in [0.2, 0.25) is 0 Å². The number of rotatable bonds is 7. The van der Waals surface area contributed by atoms with Crippen LogP contribution in [0.25, 0.3) is 0 Å². The molecule has 0 bridgehead atoms. The van der Waals surface area contributed by atoms with Crippen LogP contribution in [-0.4, -0.2) is 24.6 Å². The number of Topliss-reactive ketones (excluding diaryl/α,β-unsaturated/α-hetero) is 1. The molecule has 0 aliphatic carbocycles. The van der Waals surface area contributed by atoms with Crippen LogP contribution in [0.15, 0.2) is 89.9 Å². The summed E-state index contributed by atoms with van der Waals surface area (Å²) in [7, 11) is 0. The molecule has 0 N–H and O–H groups in total. The van der Waals surface area contributed by atoms with E-state index in [2.05, 4.69) is 30.9 Å². The normalized spacial score (nSPS) is 11.3. The number of hydrogen-bond donors (Lipinski definition) is 0. The molecule has 3 aromatic carbocycles. The van der Waals surface area contributed by atoms with Crippen LogP contribution in [0.1, 0.15) is 29.8 Å². The Bertz CT molecular complexity index is 896. The molecule has 0 aromatic heterocycles. The predicted molar refractivity (Wildman–Crippen MR) is 113 cm³/mol. The lowest BCUT2D eigenvalue weighted by Gasteiger charge is -2.20. The minimum absolute atomic E-state index is 0.0744. The van der Waals surface area contributed by atoms with Gasteiger partial charge in [-0.1, -0.05) is 60.7 Å². The fourth-order valence-corrected chi connectivity index (χ4v) is 3.02. The number of aliphatic imine (C=N–C) groups is 1. The Morgan fingerprint density at radius 1 is 0.741 bits per heavy atom. The van der Waals surface area contributed by atoms with Crippen molar-refractivity contribution >= 4 is 22.9 Å². The van der Waals surface area contributed by atoms with Gasteiger partial charge in [0, 0.05) is 29.9 Å². The molecule has 3 rings (SSSR count). The average Bonchev–Trinajstić information content (AvgIpc) is 2.74. The monoisotopic (exact) mass is 356 g/mol. The number of nitrogens with zero attached hydrogens (tertiary/aromatic N) is 2. The standard InChI is InChI=1S/C24H24N2O/c1-3-26(4-2)22-17-15-21(16-18-22)25-23(19-11-7-5-8-12-19)24(27)20-13-9-6-10-14-20/h5-18H,3-4H2,1-2H3. The second-order valence-electron chi connectivity index (χ2n) is 6.21. The highest BCUT2D eigenvalue weighted by atomic mass is 16.1. The third kappa shape index (κ3) is 4.50. The van der Waals surface area contributed by atoms with Crippen molar-refractivity contribution in [1.82, 2.24) is 0 Å². The van der Waals surface area contributed by atoms with Gasteiger partial charge in [-0.05, 0) is 38.1 Å². The molecule has 0 aliphatic heterocycles. The van der Waals surface area contributed by atoms with E-state index in [1.54, 1.807) is 0 Å². The summed E-state index contributed by atoms with van der Waals surface area (Å²) in [5.41, 5.74) is 3.85. The van der Waals surface area contributed by atoms with Gasteiger partial charge in [-0.2, -0.15) is 0 Å². The first-order valence-electron chi connectivity index (χ1n) is 9.31. The van der Waals surface area contributed by atoms with Crippen LogP contribution in [0.4, 0.5) is 11.4 Å². The fourth-order valence-electron chi connectivity index (χ4n) is 3.02. The summed E-state index contributed by atoms with van der Waals surface area (Å²) in [6, 6.07) is 27.0. The number of benzene rings is 3. The molecule has 0 fully saturated rings. The maximum atomic E-state index is 13.1. The van der Waals surface area contributed by atoms with Crippen molar-refractivity contribution in [3.05, 3.63) is 96.1 Å². The van der Waals surface area contributed by atoms with Gasteiger partial charge < -0.3 is 4.90 Å².